The van der Waals surface area contributed by atoms with Gasteiger partial charge in [0.05, 0.1) is 13.2 Å². The number of benzene rings is 1. The second-order valence-electron chi connectivity index (χ2n) is 4.51. The fourth-order valence-electron chi connectivity index (χ4n) is 2.26. The van der Waals surface area contributed by atoms with Gasteiger partial charge in [-0.25, -0.2) is 0 Å². The molecule has 94 valence electrons. The molecule has 0 amide bonds. The molecule has 2 heterocycles. The molecule has 0 aliphatic carbocycles. The summed E-state index contributed by atoms with van der Waals surface area (Å²) >= 11 is 0. The molecule has 3 rings (SSSR count). The molecule has 1 aromatic carbocycles. The normalized spacial score (nSPS) is 22.3. The van der Waals surface area contributed by atoms with Crippen LogP contribution in [0.3, 0.4) is 0 Å². The lowest BCUT2D eigenvalue weighted by molar-refractivity contribution is 0.187. The number of aromatic amines is 1. The molecule has 2 N–H and O–H groups in total. The zero-order valence-corrected chi connectivity index (χ0v) is 10.1. The van der Waals surface area contributed by atoms with E-state index in [2.05, 4.69) is 38.9 Å². The van der Waals surface area contributed by atoms with Crippen molar-refractivity contribution in [1.29, 1.82) is 0 Å². The molecule has 1 aliphatic rings. The van der Waals surface area contributed by atoms with Crippen molar-refractivity contribution in [1.82, 2.24) is 25.9 Å². The Balaban J connectivity index is 1.78. The van der Waals surface area contributed by atoms with E-state index in [9.17, 15) is 0 Å². The fourth-order valence-corrected chi connectivity index (χ4v) is 2.26. The largest absolute Gasteiger partial charge is 0.493 e. The zero-order valence-electron chi connectivity index (χ0n) is 10.1. The third kappa shape index (κ3) is 2.06. The summed E-state index contributed by atoms with van der Waals surface area (Å²) < 4.78 is 5.71. The summed E-state index contributed by atoms with van der Waals surface area (Å²) in [7, 11) is 0. The number of nitrogens with zero attached hydrogens (tertiary/aromatic N) is 3. The monoisotopic (exact) mass is 245 g/mol. The molecule has 0 bridgehead atoms. The maximum absolute atomic E-state index is 5.71. The van der Waals surface area contributed by atoms with Crippen molar-refractivity contribution in [2.75, 3.05) is 6.61 Å². The summed E-state index contributed by atoms with van der Waals surface area (Å²) in [5.74, 6) is 2.04. The lowest BCUT2D eigenvalue weighted by Gasteiger charge is -2.31. The van der Waals surface area contributed by atoms with Gasteiger partial charge in [0.15, 0.2) is 5.82 Å². The van der Waals surface area contributed by atoms with E-state index in [1.165, 1.54) is 5.56 Å². The summed E-state index contributed by atoms with van der Waals surface area (Å²) in [5, 5.41) is 17.3. The third-order valence-corrected chi connectivity index (χ3v) is 3.19. The summed E-state index contributed by atoms with van der Waals surface area (Å²) in [6.07, 6.45) is 0. The van der Waals surface area contributed by atoms with Crippen LogP contribution in [-0.2, 0) is 6.54 Å². The second kappa shape index (κ2) is 4.73. The molecular formula is C12H15N5O. The lowest BCUT2D eigenvalue weighted by atomic mass is 9.92. The molecule has 6 heteroatoms. The number of rotatable bonds is 3. The minimum Gasteiger partial charge on any atom is -0.493 e. The quantitative estimate of drug-likeness (QED) is 0.845. The Bertz CT molecular complexity index is 513. The SMILES string of the molecule is CC1COc2ccccc2C1NCc1nn[nH]n1. The minimum atomic E-state index is 0.258. The van der Waals surface area contributed by atoms with E-state index < -0.39 is 0 Å². The predicted octanol–water partition coefficient (Wildman–Crippen LogP) is 1.06. The molecule has 0 spiro atoms. The Labute approximate surface area is 105 Å². The van der Waals surface area contributed by atoms with Gasteiger partial charge in [0.1, 0.15) is 5.75 Å². The van der Waals surface area contributed by atoms with Crippen LogP contribution in [0.1, 0.15) is 24.4 Å². The molecule has 18 heavy (non-hydrogen) atoms. The van der Waals surface area contributed by atoms with Crippen LogP contribution < -0.4 is 10.1 Å². The number of fused-ring (bicyclic) bond motifs is 1. The molecule has 0 fully saturated rings. The van der Waals surface area contributed by atoms with Gasteiger partial charge >= 0.3 is 0 Å². The first-order chi connectivity index (χ1) is 8.84. The van der Waals surface area contributed by atoms with Crippen LogP contribution in [0.15, 0.2) is 24.3 Å². The average Bonchev–Trinajstić information content (AvgIpc) is 2.91. The molecule has 1 aromatic heterocycles. The Morgan fingerprint density at radius 2 is 2.33 bits per heavy atom. The van der Waals surface area contributed by atoms with Gasteiger partial charge in [-0.2, -0.15) is 5.21 Å². The smallest absolute Gasteiger partial charge is 0.188 e. The highest BCUT2D eigenvalue weighted by Gasteiger charge is 2.27. The van der Waals surface area contributed by atoms with Gasteiger partial charge in [-0.1, -0.05) is 30.3 Å². The number of hydrogen-bond acceptors (Lipinski definition) is 5. The summed E-state index contributed by atoms with van der Waals surface area (Å²) in [5.41, 5.74) is 1.19. The highest BCUT2D eigenvalue weighted by Crippen LogP contribution is 2.34. The molecule has 2 atom stereocenters. The number of ether oxygens (including phenoxy) is 1. The number of tetrazole rings is 1. The van der Waals surface area contributed by atoms with E-state index in [1.807, 2.05) is 18.2 Å². The van der Waals surface area contributed by atoms with E-state index in [1.54, 1.807) is 0 Å². The number of para-hydroxylation sites is 1. The van der Waals surface area contributed by atoms with Crippen LogP contribution in [0.2, 0.25) is 0 Å². The first kappa shape index (κ1) is 11.2. The topological polar surface area (TPSA) is 75.7 Å². The fraction of sp³-hybridized carbons (Fsp3) is 0.417. The number of aromatic nitrogens is 4. The summed E-state index contributed by atoms with van der Waals surface area (Å²) in [4.78, 5) is 0. The Morgan fingerprint density at radius 1 is 1.44 bits per heavy atom. The Morgan fingerprint density at radius 3 is 3.17 bits per heavy atom. The molecule has 0 saturated heterocycles. The van der Waals surface area contributed by atoms with Crippen LogP contribution in [0.5, 0.6) is 5.75 Å². The van der Waals surface area contributed by atoms with Crippen LogP contribution in [0, 0.1) is 5.92 Å². The van der Waals surface area contributed by atoms with Crippen LogP contribution in [-0.4, -0.2) is 27.2 Å². The van der Waals surface area contributed by atoms with Crippen molar-refractivity contribution in [2.45, 2.75) is 19.5 Å². The maximum Gasteiger partial charge on any atom is 0.188 e. The maximum atomic E-state index is 5.71. The van der Waals surface area contributed by atoms with Crippen molar-refractivity contribution in [3.05, 3.63) is 35.7 Å². The van der Waals surface area contributed by atoms with Gasteiger partial charge in [-0.3, -0.25) is 0 Å². The van der Waals surface area contributed by atoms with Crippen LogP contribution in [0.25, 0.3) is 0 Å². The Hall–Kier alpha value is -1.95. The average molecular weight is 245 g/mol. The van der Waals surface area contributed by atoms with E-state index in [-0.39, 0.29) is 6.04 Å². The van der Waals surface area contributed by atoms with Crippen molar-refractivity contribution in [3.63, 3.8) is 0 Å². The lowest BCUT2D eigenvalue weighted by Crippen LogP contribution is -2.33. The molecule has 2 aromatic rings. The van der Waals surface area contributed by atoms with E-state index in [0.29, 0.717) is 18.3 Å². The Kier molecular flexibility index (Phi) is 2.93. The first-order valence-electron chi connectivity index (χ1n) is 6.02. The number of hydrogen-bond donors (Lipinski definition) is 2. The standard InChI is InChI=1S/C12H15N5O/c1-8-7-18-10-5-3-2-4-9(10)12(8)13-6-11-14-16-17-15-11/h2-5,8,12-13H,6-7H2,1H3,(H,14,15,16,17). The van der Waals surface area contributed by atoms with Gasteiger partial charge < -0.3 is 10.1 Å². The molecule has 6 nitrogen and oxygen atoms in total. The van der Waals surface area contributed by atoms with Gasteiger partial charge in [0.2, 0.25) is 0 Å². The van der Waals surface area contributed by atoms with E-state index in [0.717, 1.165) is 12.4 Å². The third-order valence-electron chi connectivity index (χ3n) is 3.19. The van der Waals surface area contributed by atoms with Crippen molar-refractivity contribution in [3.8, 4) is 5.75 Å². The van der Waals surface area contributed by atoms with Gasteiger partial charge in [-0.15, -0.1) is 10.2 Å². The summed E-state index contributed by atoms with van der Waals surface area (Å²) in [6, 6.07) is 8.38. The van der Waals surface area contributed by atoms with Crippen molar-refractivity contribution >= 4 is 0 Å². The zero-order chi connectivity index (χ0) is 12.4. The van der Waals surface area contributed by atoms with Gasteiger partial charge in [-0.05, 0) is 6.07 Å². The predicted molar refractivity (Wildman–Crippen MR) is 64.9 cm³/mol. The van der Waals surface area contributed by atoms with Gasteiger partial charge in [0, 0.05) is 17.5 Å². The summed E-state index contributed by atoms with van der Waals surface area (Å²) in [6.45, 7) is 3.49. The number of H-pyrrole nitrogens is 1. The van der Waals surface area contributed by atoms with Crippen molar-refractivity contribution in [2.24, 2.45) is 5.92 Å². The first-order valence-corrected chi connectivity index (χ1v) is 6.02. The minimum absolute atomic E-state index is 0.258. The molecule has 1 aliphatic heterocycles. The molecular weight excluding hydrogens is 230 g/mol. The van der Waals surface area contributed by atoms with Crippen LogP contribution >= 0.6 is 0 Å². The highest BCUT2D eigenvalue weighted by atomic mass is 16.5. The highest BCUT2D eigenvalue weighted by molar-refractivity contribution is 5.37. The van der Waals surface area contributed by atoms with Crippen LogP contribution in [0.4, 0.5) is 0 Å². The second-order valence-corrected chi connectivity index (χ2v) is 4.51. The molecule has 0 saturated carbocycles. The molecule has 0 radical (unpaired) electrons. The molecule has 2 unspecified atom stereocenters. The van der Waals surface area contributed by atoms with Gasteiger partial charge in [0.25, 0.3) is 0 Å². The van der Waals surface area contributed by atoms with E-state index in [4.69, 9.17) is 4.74 Å². The van der Waals surface area contributed by atoms with Crippen molar-refractivity contribution < 1.29 is 4.74 Å². The number of nitrogens with one attached hydrogen (secondary N) is 2. The van der Waals surface area contributed by atoms with E-state index >= 15 is 0 Å².